The molecule has 5 nitrogen and oxygen atoms in total. The number of aryl methyl sites for hydroxylation is 2. The number of benzene rings is 1. The molecule has 98 valence electrons. The van der Waals surface area contributed by atoms with Crippen molar-refractivity contribution in [3.8, 4) is 0 Å². The Labute approximate surface area is 111 Å². The van der Waals surface area contributed by atoms with Gasteiger partial charge in [-0.2, -0.15) is 0 Å². The van der Waals surface area contributed by atoms with Crippen molar-refractivity contribution in [2.45, 2.75) is 26.8 Å². The van der Waals surface area contributed by atoms with Crippen LogP contribution >= 0.6 is 0 Å². The molecule has 0 amide bonds. The first-order chi connectivity index (χ1) is 9.06. The summed E-state index contributed by atoms with van der Waals surface area (Å²) in [5.74, 6) is 1.91. The Bertz CT molecular complexity index is 741. The smallest absolute Gasteiger partial charge is 0.217 e. The van der Waals surface area contributed by atoms with Gasteiger partial charge in [-0.1, -0.05) is 6.07 Å². The Morgan fingerprint density at radius 1 is 1.32 bits per heavy atom. The van der Waals surface area contributed by atoms with E-state index in [1.165, 1.54) is 0 Å². The Morgan fingerprint density at radius 2 is 2.11 bits per heavy atom. The summed E-state index contributed by atoms with van der Waals surface area (Å²) in [6, 6.07) is 6.02. The van der Waals surface area contributed by atoms with Crippen LogP contribution in [0.5, 0.6) is 0 Å². The number of fused-ring (bicyclic) bond motifs is 1. The monoisotopic (exact) mass is 256 g/mol. The summed E-state index contributed by atoms with van der Waals surface area (Å²) in [6.45, 7) is 5.92. The first-order valence-corrected chi connectivity index (χ1v) is 6.22. The minimum Gasteiger partial charge on any atom is -0.444 e. The molecule has 1 aromatic carbocycles. The lowest BCUT2D eigenvalue weighted by molar-refractivity contribution is 0.421. The second kappa shape index (κ2) is 4.12. The molecule has 3 aromatic rings. The van der Waals surface area contributed by atoms with E-state index in [9.17, 15) is 0 Å². The van der Waals surface area contributed by atoms with E-state index in [1.54, 1.807) is 6.20 Å². The van der Waals surface area contributed by atoms with Crippen LogP contribution in [0.1, 0.15) is 30.2 Å². The zero-order chi connectivity index (χ0) is 13.6. The topological polar surface area (TPSA) is 69.9 Å². The SMILES string of the molecule is Cc1ccc2c(c1)nc(N)n2C(C)c1ncc(C)o1. The molecular formula is C14H16N4O. The van der Waals surface area contributed by atoms with E-state index in [1.807, 2.05) is 43.5 Å². The van der Waals surface area contributed by atoms with E-state index in [0.717, 1.165) is 22.4 Å². The van der Waals surface area contributed by atoms with E-state index in [-0.39, 0.29) is 6.04 Å². The standard InChI is InChI=1S/C14H16N4O/c1-8-4-5-12-11(6-8)17-14(15)18(12)10(3)13-16-7-9(2)19-13/h4-7,10H,1-3H3,(H2,15,17). The molecule has 0 aliphatic heterocycles. The minimum atomic E-state index is -0.0820. The summed E-state index contributed by atoms with van der Waals surface area (Å²) >= 11 is 0. The maximum atomic E-state index is 6.03. The molecule has 19 heavy (non-hydrogen) atoms. The van der Waals surface area contributed by atoms with Crippen molar-refractivity contribution < 1.29 is 4.42 Å². The highest BCUT2D eigenvalue weighted by Gasteiger charge is 2.19. The molecule has 1 unspecified atom stereocenters. The molecule has 0 saturated carbocycles. The van der Waals surface area contributed by atoms with Crippen LogP contribution in [0, 0.1) is 13.8 Å². The maximum absolute atomic E-state index is 6.03. The minimum absolute atomic E-state index is 0.0820. The third kappa shape index (κ3) is 1.87. The summed E-state index contributed by atoms with van der Waals surface area (Å²) < 4.78 is 7.53. The zero-order valence-electron chi connectivity index (χ0n) is 11.2. The molecule has 3 rings (SSSR count). The number of hydrogen-bond acceptors (Lipinski definition) is 4. The average Bonchev–Trinajstić information content (AvgIpc) is 2.91. The Kier molecular flexibility index (Phi) is 2.55. The molecule has 0 saturated heterocycles. The largest absolute Gasteiger partial charge is 0.444 e. The van der Waals surface area contributed by atoms with Gasteiger partial charge in [-0.3, -0.25) is 4.57 Å². The van der Waals surface area contributed by atoms with Gasteiger partial charge in [-0.05, 0) is 38.5 Å². The summed E-state index contributed by atoms with van der Waals surface area (Å²) in [5, 5.41) is 0. The van der Waals surface area contributed by atoms with Gasteiger partial charge in [-0.25, -0.2) is 9.97 Å². The Morgan fingerprint density at radius 3 is 2.79 bits per heavy atom. The molecule has 0 radical (unpaired) electrons. The fraction of sp³-hybridized carbons (Fsp3) is 0.286. The van der Waals surface area contributed by atoms with Gasteiger partial charge >= 0.3 is 0 Å². The van der Waals surface area contributed by atoms with Crippen molar-refractivity contribution in [3.05, 3.63) is 41.6 Å². The van der Waals surface area contributed by atoms with Crippen LogP contribution in [0.25, 0.3) is 11.0 Å². The van der Waals surface area contributed by atoms with E-state index in [2.05, 4.69) is 9.97 Å². The Hall–Kier alpha value is -2.30. The van der Waals surface area contributed by atoms with E-state index >= 15 is 0 Å². The zero-order valence-corrected chi connectivity index (χ0v) is 11.2. The quantitative estimate of drug-likeness (QED) is 0.765. The van der Waals surface area contributed by atoms with Crippen molar-refractivity contribution in [3.63, 3.8) is 0 Å². The predicted molar refractivity (Wildman–Crippen MR) is 73.9 cm³/mol. The summed E-state index contributed by atoms with van der Waals surface area (Å²) in [6.07, 6.45) is 1.71. The van der Waals surface area contributed by atoms with Crippen molar-refractivity contribution >= 4 is 17.0 Å². The van der Waals surface area contributed by atoms with Crippen LogP contribution < -0.4 is 5.73 Å². The normalized spacial score (nSPS) is 13.0. The predicted octanol–water partition coefficient (Wildman–Crippen LogP) is 2.83. The number of rotatable bonds is 2. The lowest BCUT2D eigenvalue weighted by Crippen LogP contribution is -2.10. The number of imidazole rings is 1. The van der Waals surface area contributed by atoms with E-state index in [0.29, 0.717) is 11.8 Å². The molecule has 0 bridgehead atoms. The highest BCUT2D eigenvalue weighted by Crippen LogP contribution is 2.27. The lowest BCUT2D eigenvalue weighted by atomic mass is 10.2. The van der Waals surface area contributed by atoms with Crippen molar-refractivity contribution in [1.29, 1.82) is 0 Å². The van der Waals surface area contributed by atoms with Crippen molar-refractivity contribution in [2.24, 2.45) is 0 Å². The van der Waals surface area contributed by atoms with Crippen molar-refractivity contribution in [2.75, 3.05) is 5.73 Å². The molecule has 2 aromatic heterocycles. The van der Waals surface area contributed by atoms with Gasteiger partial charge in [0.25, 0.3) is 0 Å². The molecule has 0 aliphatic rings. The number of hydrogen-bond donors (Lipinski definition) is 1. The molecule has 0 fully saturated rings. The maximum Gasteiger partial charge on any atom is 0.217 e. The molecular weight excluding hydrogens is 240 g/mol. The van der Waals surface area contributed by atoms with Crippen LogP contribution in [0.3, 0.4) is 0 Å². The summed E-state index contributed by atoms with van der Waals surface area (Å²) in [4.78, 5) is 8.66. The molecule has 5 heteroatoms. The number of oxazole rings is 1. The number of nitrogen functional groups attached to an aromatic ring is 1. The third-order valence-corrected chi connectivity index (χ3v) is 3.26. The van der Waals surface area contributed by atoms with E-state index in [4.69, 9.17) is 10.2 Å². The Balaban J connectivity index is 2.16. The van der Waals surface area contributed by atoms with Gasteiger partial charge in [0.05, 0.1) is 17.2 Å². The van der Waals surface area contributed by atoms with Gasteiger partial charge in [-0.15, -0.1) is 0 Å². The lowest BCUT2D eigenvalue weighted by Gasteiger charge is -2.12. The third-order valence-electron chi connectivity index (χ3n) is 3.26. The van der Waals surface area contributed by atoms with Crippen LogP contribution in [-0.4, -0.2) is 14.5 Å². The number of nitrogens with two attached hydrogens (primary N) is 1. The summed E-state index contributed by atoms with van der Waals surface area (Å²) in [5.41, 5.74) is 9.08. The fourth-order valence-electron chi connectivity index (χ4n) is 2.31. The van der Waals surface area contributed by atoms with Crippen LogP contribution in [-0.2, 0) is 0 Å². The molecule has 0 aliphatic carbocycles. The van der Waals surface area contributed by atoms with Gasteiger partial charge in [0, 0.05) is 0 Å². The van der Waals surface area contributed by atoms with Crippen LogP contribution in [0.2, 0.25) is 0 Å². The molecule has 2 N–H and O–H groups in total. The van der Waals surface area contributed by atoms with Crippen LogP contribution in [0.4, 0.5) is 5.95 Å². The first kappa shape index (κ1) is 11.8. The van der Waals surface area contributed by atoms with Crippen molar-refractivity contribution in [1.82, 2.24) is 14.5 Å². The second-order valence-corrected chi connectivity index (χ2v) is 4.82. The van der Waals surface area contributed by atoms with E-state index < -0.39 is 0 Å². The van der Waals surface area contributed by atoms with Gasteiger partial charge in [0.15, 0.2) is 0 Å². The number of aromatic nitrogens is 3. The van der Waals surface area contributed by atoms with Crippen LogP contribution in [0.15, 0.2) is 28.8 Å². The molecule has 1 atom stereocenters. The number of nitrogens with zero attached hydrogens (tertiary/aromatic N) is 3. The highest BCUT2D eigenvalue weighted by atomic mass is 16.4. The van der Waals surface area contributed by atoms with Gasteiger partial charge in [0.1, 0.15) is 11.8 Å². The summed E-state index contributed by atoms with van der Waals surface area (Å²) in [7, 11) is 0. The average molecular weight is 256 g/mol. The second-order valence-electron chi connectivity index (χ2n) is 4.82. The highest BCUT2D eigenvalue weighted by molar-refractivity contribution is 5.79. The number of anilines is 1. The molecule has 0 spiro atoms. The van der Waals surface area contributed by atoms with Gasteiger partial charge < -0.3 is 10.2 Å². The first-order valence-electron chi connectivity index (χ1n) is 6.22. The fourth-order valence-corrected chi connectivity index (χ4v) is 2.31. The molecule has 2 heterocycles. The van der Waals surface area contributed by atoms with Gasteiger partial charge in [0.2, 0.25) is 11.8 Å².